The topological polar surface area (TPSA) is 72.7 Å². The fourth-order valence-corrected chi connectivity index (χ4v) is 2.52. The lowest BCUT2D eigenvalue weighted by Gasteiger charge is -2.31. The smallest absolute Gasteiger partial charge is 0.311 e. The van der Waals surface area contributed by atoms with E-state index in [1.165, 1.54) is 19.2 Å². The van der Waals surface area contributed by atoms with Crippen LogP contribution < -0.4 is 4.74 Å². The molecule has 108 valence electrons. The van der Waals surface area contributed by atoms with Gasteiger partial charge in [-0.25, -0.2) is 0 Å². The van der Waals surface area contributed by atoms with Crippen molar-refractivity contribution in [3.05, 3.63) is 33.9 Å². The van der Waals surface area contributed by atoms with Crippen molar-refractivity contribution in [1.82, 2.24) is 4.90 Å². The number of methoxy groups -OCH3 is 1. The van der Waals surface area contributed by atoms with E-state index in [0.717, 1.165) is 12.8 Å². The molecule has 1 unspecified atom stereocenters. The molecule has 0 aliphatic carbocycles. The van der Waals surface area contributed by atoms with Crippen molar-refractivity contribution in [2.45, 2.75) is 19.8 Å². The normalized spacial score (nSPS) is 18.7. The predicted molar refractivity (Wildman–Crippen MR) is 73.9 cm³/mol. The summed E-state index contributed by atoms with van der Waals surface area (Å²) in [6.07, 6.45) is 2.09. The minimum absolute atomic E-state index is 0.151. The standard InChI is InChI=1S/C14H18N2O4/c1-10-4-3-7-15(9-10)14(17)11-5-6-13(20-2)12(8-11)16(18)19/h5-6,8,10H,3-4,7,9H2,1-2H3. The van der Waals surface area contributed by atoms with Crippen molar-refractivity contribution < 1.29 is 14.5 Å². The Morgan fingerprint density at radius 2 is 2.25 bits per heavy atom. The van der Waals surface area contributed by atoms with Crippen LogP contribution in [0.25, 0.3) is 0 Å². The second-order valence-corrected chi connectivity index (χ2v) is 5.14. The molecule has 1 amide bonds. The third-order valence-electron chi connectivity index (χ3n) is 3.57. The minimum atomic E-state index is -0.533. The largest absolute Gasteiger partial charge is 0.490 e. The molecule has 0 bridgehead atoms. The molecule has 2 rings (SSSR count). The number of hydrogen-bond donors (Lipinski definition) is 0. The van der Waals surface area contributed by atoms with Gasteiger partial charge in [0.2, 0.25) is 0 Å². The molecule has 6 nitrogen and oxygen atoms in total. The van der Waals surface area contributed by atoms with E-state index < -0.39 is 4.92 Å². The monoisotopic (exact) mass is 278 g/mol. The summed E-state index contributed by atoms with van der Waals surface area (Å²) in [6, 6.07) is 4.34. The summed E-state index contributed by atoms with van der Waals surface area (Å²) in [5.74, 6) is 0.488. The number of rotatable bonds is 3. The zero-order valence-corrected chi connectivity index (χ0v) is 11.7. The second kappa shape index (κ2) is 5.90. The molecule has 1 aromatic rings. The van der Waals surface area contributed by atoms with Crippen molar-refractivity contribution >= 4 is 11.6 Å². The van der Waals surface area contributed by atoms with E-state index in [1.807, 2.05) is 0 Å². The van der Waals surface area contributed by atoms with Crippen molar-refractivity contribution in [2.75, 3.05) is 20.2 Å². The van der Waals surface area contributed by atoms with Crippen LogP contribution in [0.15, 0.2) is 18.2 Å². The lowest BCUT2D eigenvalue weighted by molar-refractivity contribution is -0.385. The van der Waals surface area contributed by atoms with E-state index >= 15 is 0 Å². The Kier molecular flexibility index (Phi) is 4.22. The maximum atomic E-state index is 12.4. The Morgan fingerprint density at radius 3 is 2.85 bits per heavy atom. The van der Waals surface area contributed by atoms with Gasteiger partial charge in [-0.2, -0.15) is 0 Å². The van der Waals surface area contributed by atoms with Crippen molar-refractivity contribution in [2.24, 2.45) is 5.92 Å². The number of nitrogens with zero attached hydrogens (tertiary/aromatic N) is 2. The highest BCUT2D eigenvalue weighted by molar-refractivity contribution is 5.95. The Bertz CT molecular complexity index is 530. The summed E-state index contributed by atoms with van der Waals surface area (Å²) in [4.78, 5) is 24.6. The first-order valence-corrected chi connectivity index (χ1v) is 6.64. The highest BCUT2D eigenvalue weighted by Gasteiger charge is 2.24. The molecule has 0 aromatic heterocycles. The van der Waals surface area contributed by atoms with Crippen LogP contribution in [0.4, 0.5) is 5.69 Å². The zero-order chi connectivity index (χ0) is 14.7. The van der Waals surface area contributed by atoms with Crippen LogP contribution in [0.5, 0.6) is 5.75 Å². The van der Waals surface area contributed by atoms with Crippen molar-refractivity contribution in [3.8, 4) is 5.75 Å². The molecule has 0 N–H and O–H groups in total. The summed E-state index contributed by atoms with van der Waals surface area (Å²) < 4.78 is 4.94. The average Bonchev–Trinajstić information content (AvgIpc) is 2.45. The number of amides is 1. The first-order valence-electron chi connectivity index (χ1n) is 6.64. The van der Waals surface area contributed by atoms with Gasteiger partial charge >= 0.3 is 5.69 Å². The number of carbonyl (C=O) groups excluding carboxylic acids is 1. The zero-order valence-electron chi connectivity index (χ0n) is 11.7. The summed E-state index contributed by atoms with van der Waals surface area (Å²) >= 11 is 0. The molecular weight excluding hydrogens is 260 g/mol. The van der Waals surface area contributed by atoms with Gasteiger partial charge in [-0.05, 0) is 30.9 Å². The molecule has 0 saturated carbocycles. The van der Waals surface area contributed by atoms with E-state index in [-0.39, 0.29) is 17.3 Å². The number of benzene rings is 1. The molecule has 1 atom stereocenters. The molecule has 1 heterocycles. The summed E-state index contributed by atoms with van der Waals surface area (Å²) in [5, 5.41) is 11.0. The fraction of sp³-hybridized carbons (Fsp3) is 0.500. The number of nitro benzene ring substituents is 1. The number of likely N-dealkylation sites (tertiary alicyclic amines) is 1. The van der Waals surface area contributed by atoms with Crippen LogP contribution in [0.1, 0.15) is 30.1 Å². The Hall–Kier alpha value is -2.11. The molecule has 20 heavy (non-hydrogen) atoms. The van der Waals surface area contributed by atoms with E-state index in [1.54, 1.807) is 11.0 Å². The Balaban J connectivity index is 2.26. The molecular formula is C14H18N2O4. The van der Waals surface area contributed by atoms with Crippen molar-refractivity contribution in [1.29, 1.82) is 0 Å². The number of hydrogen-bond acceptors (Lipinski definition) is 4. The lowest BCUT2D eigenvalue weighted by Crippen LogP contribution is -2.39. The van der Waals surface area contributed by atoms with Crippen LogP contribution in [-0.4, -0.2) is 35.9 Å². The van der Waals surface area contributed by atoms with Crippen LogP contribution in [0, 0.1) is 16.0 Å². The molecule has 1 saturated heterocycles. The van der Waals surface area contributed by atoms with E-state index in [0.29, 0.717) is 24.6 Å². The van der Waals surface area contributed by atoms with Crippen LogP contribution in [-0.2, 0) is 0 Å². The Labute approximate surface area is 117 Å². The van der Waals surface area contributed by atoms with Gasteiger partial charge in [0.05, 0.1) is 12.0 Å². The summed E-state index contributed by atoms with van der Waals surface area (Å²) in [5.41, 5.74) is 0.162. The quantitative estimate of drug-likeness (QED) is 0.629. The van der Waals surface area contributed by atoms with Gasteiger partial charge in [0.15, 0.2) is 5.75 Å². The number of carbonyl (C=O) groups is 1. The first kappa shape index (κ1) is 14.3. The maximum Gasteiger partial charge on any atom is 0.311 e. The minimum Gasteiger partial charge on any atom is -0.490 e. The lowest BCUT2D eigenvalue weighted by atomic mass is 9.99. The highest BCUT2D eigenvalue weighted by atomic mass is 16.6. The molecule has 0 spiro atoms. The fourth-order valence-electron chi connectivity index (χ4n) is 2.52. The van der Waals surface area contributed by atoms with Gasteiger partial charge in [0.25, 0.3) is 5.91 Å². The van der Waals surface area contributed by atoms with Gasteiger partial charge in [0.1, 0.15) is 0 Å². The van der Waals surface area contributed by atoms with Gasteiger partial charge in [0, 0.05) is 24.7 Å². The molecule has 1 fully saturated rings. The van der Waals surface area contributed by atoms with E-state index in [4.69, 9.17) is 4.74 Å². The maximum absolute atomic E-state index is 12.4. The van der Waals surface area contributed by atoms with Crippen LogP contribution >= 0.6 is 0 Å². The predicted octanol–water partition coefficient (Wildman–Crippen LogP) is 2.48. The molecule has 6 heteroatoms. The number of nitro groups is 1. The molecule has 1 aliphatic rings. The second-order valence-electron chi connectivity index (χ2n) is 5.14. The van der Waals surface area contributed by atoms with Gasteiger partial charge < -0.3 is 9.64 Å². The molecule has 0 radical (unpaired) electrons. The van der Waals surface area contributed by atoms with Gasteiger partial charge in [-0.1, -0.05) is 6.92 Å². The van der Waals surface area contributed by atoms with Crippen molar-refractivity contribution in [3.63, 3.8) is 0 Å². The Morgan fingerprint density at radius 1 is 1.50 bits per heavy atom. The molecule has 1 aliphatic heterocycles. The van der Waals surface area contributed by atoms with Gasteiger partial charge in [-0.3, -0.25) is 14.9 Å². The van der Waals surface area contributed by atoms with E-state index in [9.17, 15) is 14.9 Å². The summed E-state index contributed by atoms with van der Waals surface area (Å²) in [7, 11) is 1.37. The first-order chi connectivity index (χ1) is 9.52. The molecule has 1 aromatic carbocycles. The van der Waals surface area contributed by atoms with Crippen LogP contribution in [0.2, 0.25) is 0 Å². The highest BCUT2D eigenvalue weighted by Crippen LogP contribution is 2.28. The van der Waals surface area contributed by atoms with Gasteiger partial charge in [-0.15, -0.1) is 0 Å². The number of piperidine rings is 1. The third kappa shape index (κ3) is 2.89. The summed E-state index contributed by atoms with van der Waals surface area (Å²) in [6.45, 7) is 3.53. The average molecular weight is 278 g/mol. The number of ether oxygens (including phenoxy) is 1. The third-order valence-corrected chi connectivity index (χ3v) is 3.57. The van der Waals surface area contributed by atoms with E-state index in [2.05, 4.69) is 6.92 Å². The SMILES string of the molecule is COc1ccc(C(=O)N2CCCC(C)C2)cc1[N+](=O)[O-]. The van der Waals surface area contributed by atoms with Crippen LogP contribution in [0.3, 0.4) is 0 Å².